The third-order valence-corrected chi connectivity index (χ3v) is 13.2. The van der Waals surface area contributed by atoms with E-state index in [1.54, 1.807) is 6.20 Å². The highest BCUT2D eigenvalue weighted by Crippen LogP contribution is 2.43. The lowest BCUT2D eigenvalue weighted by atomic mass is 10.1. The van der Waals surface area contributed by atoms with Gasteiger partial charge >= 0.3 is 12.2 Å². The van der Waals surface area contributed by atoms with Crippen molar-refractivity contribution in [2.45, 2.75) is 70.3 Å². The summed E-state index contributed by atoms with van der Waals surface area (Å²) in [6.07, 6.45) is -2.92. The number of alkyl halides is 3. The number of urea groups is 1. The lowest BCUT2D eigenvalue weighted by Gasteiger charge is -2.42. The average molecular weight is 518 g/mol. The number of anilines is 2. The predicted molar refractivity (Wildman–Crippen MR) is 133 cm³/mol. The molecule has 0 aliphatic heterocycles. The zero-order chi connectivity index (χ0) is 25.7. The van der Waals surface area contributed by atoms with Crippen LogP contribution in [0.1, 0.15) is 57.9 Å². The summed E-state index contributed by atoms with van der Waals surface area (Å²) in [5, 5.41) is 15.2. The number of benzene rings is 1. The smallest absolute Gasteiger partial charge is 0.415 e. The quantitative estimate of drug-likeness (QED) is 0.294. The van der Waals surface area contributed by atoms with Gasteiger partial charge in [-0.1, -0.05) is 47.6 Å². The van der Waals surface area contributed by atoms with Crippen LogP contribution in [0.25, 0.3) is 0 Å². The van der Waals surface area contributed by atoms with Crippen LogP contribution in [0.4, 0.5) is 28.8 Å². The van der Waals surface area contributed by atoms with Crippen LogP contribution in [0.15, 0.2) is 30.5 Å². The minimum absolute atomic E-state index is 0.0168. The van der Waals surface area contributed by atoms with E-state index in [-0.39, 0.29) is 23.3 Å². The predicted octanol–water partition coefficient (Wildman–Crippen LogP) is 7.07. The molecule has 0 fully saturated rings. The van der Waals surface area contributed by atoms with Crippen molar-refractivity contribution < 1.29 is 27.5 Å². The van der Waals surface area contributed by atoms with Crippen LogP contribution in [0, 0.1) is 0 Å². The zero-order valence-electron chi connectivity index (χ0n) is 20.4. The highest BCUT2D eigenvalue weighted by Gasteiger charge is 2.45. The normalized spacial score (nSPS) is 13.6. The summed E-state index contributed by atoms with van der Waals surface area (Å²) < 4.78 is 45.2. The first-order chi connectivity index (χ1) is 15.8. The molecule has 190 valence electrons. The first kappa shape index (κ1) is 28.3. The molecule has 2 rings (SSSR count). The number of hydrogen-bond donors (Lipinski definition) is 3. The van der Waals surface area contributed by atoms with Gasteiger partial charge in [-0.05, 0) is 34.8 Å². The Morgan fingerprint density at radius 2 is 1.74 bits per heavy atom. The van der Waals surface area contributed by atoms with Gasteiger partial charge in [-0.15, -0.1) is 11.3 Å². The molecule has 1 unspecified atom stereocenters. The number of hydrogen-bond acceptors (Lipinski definition) is 5. The highest BCUT2D eigenvalue weighted by atomic mass is 32.1. The maximum Gasteiger partial charge on any atom is 0.416 e. The molecule has 34 heavy (non-hydrogen) atoms. The molecule has 2 aromatic rings. The van der Waals surface area contributed by atoms with Crippen LogP contribution in [-0.2, 0) is 10.6 Å². The van der Waals surface area contributed by atoms with Gasteiger partial charge in [0.1, 0.15) is 0 Å². The molecule has 11 heteroatoms. The van der Waals surface area contributed by atoms with Crippen molar-refractivity contribution >= 4 is 36.5 Å². The number of carbonyl (C=O) groups excluding carboxylic acids is 1. The van der Waals surface area contributed by atoms with Gasteiger partial charge in [0.05, 0.1) is 12.2 Å². The van der Waals surface area contributed by atoms with E-state index >= 15 is 0 Å². The number of halogens is 3. The van der Waals surface area contributed by atoms with Gasteiger partial charge in [-0.3, -0.25) is 5.32 Å². The Labute approximate surface area is 204 Å². The van der Waals surface area contributed by atoms with Crippen molar-refractivity contribution in [3.63, 3.8) is 0 Å². The Morgan fingerprint density at radius 3 is 2.26 bits per heavy atom. The molecular formula is C23H34F3N3O3SSi. The number of carbonyl (C=O) groups is 1. The van der Waals surface area contributed by atoms with E-state index in [4.69, 9.17) is 4.43 Å². The number of rotatable bonds is 10. The molecule has 0 bridgehead atoms. The molecule has 0 aliphatic rings. The van der Waals surface area contributed by atoms with E-state index in [0.717, 1.165) is 17.0 Å². The van der Waals surface area contributed by atoms with Crippen molar-refractivity contribution in [2.75, 3.05) is 23.8 Å². The highest BCUT2D eigenvalue weighted by molar-refractivity contribution is 7.15. The van der Waals surface area contributed by atoms with Crippen molar-refractivity contribution in [2.24, 2.45) is 0 Å². The zero-order valence-corrected chi connectivity index (χ0v) is 22.2. The van der Waals surface area contributed by atoms with Crippen molar-refractivity contribution in [3.8, 4) is 0 Å². The molecule has 0 saturated carbocycles. The molecule has 1 heterocycles. The number of aliphatic hydroxyl groups excluding tert-OH is 1. The summed E-state index contributed by atoms with van der Waals surface area (Å²) in [4.78, 5) is 17.2. The number of amides is 2. The van der Waals surface area contributed by atoms with Crippen LogP contribution >= 0.6 is 11.3 Å². The molecule has 0 radical (unpaired) electrons. The second kappa shape index (κ2) is 11.7. The van der Waals surface area contributed by atoms with Crippen molar-refractivity contribution in [1.29, 1.82) is 0 Å². The van der Waals surface area contributed by atoms with Crippen LogP contribution in [0.2, 0.25) is 16.6 Å². The fourth-order valence-corrected chi connectivity index (χ4v) is 10.9. The number of thiazole rings is 1. The number of nitrogens with one attached hydrogen (secondary N) is 2. The SMILES string of the molecule is CC(C)[Si](OCC(CO)c1cnc(NC(=O)Nc2cccc(C(F)(F)F)c2)s1)(C(C)C)C(C)C. The summed E-state index contributed by atoms with van der Waals surface area (Å²) >= 11 is 1.20. The van der Waals surface area contributed by atoms with Crippen molar-refractivity contribution in [3.05, 3.63) is 40.9 Å². The lowest BCUT2D eigenvalue weighted by molar-refractivity contribution is -0.137. The standard InChI is InChI=1S/C23H34F3N3O3SSi/c1-14(2)34(15(3)4,16(5)6)32-13-17(12-30)20-11-27-22(33-20)29-21(31)28-19-9-7-8-18(10-19)23(24,25)26/h7-11,14-17,30H,12-13H2,1-6H3,(H2,27,28,29,31). The third-order valence-electron chi connectivity index (χ3n) is 6.06. The van der Waals surface area contributed by atoms with Gasteiger partial charge < -0.3 is 14.8 Å². The molecular weight excluding hydrogens is 483 g/mol. The van der Waals surface area contributed by atoms with E-state index in [1.807, 2.05) is 0 Å². The van der Waals surface area contributed by atoms with Gasteiger partial charge in [0, 0.05) is 29.3 Å². The van der Waals surface area contributed by atoms with E-state index in [2.05, 4.69) is 57.2 Å². The molecule has 6 nitrogen and oxygen atoms in total. The minimum Gasteiger partial charge on any atom is -0.415 e. The fourth-order valence-electron chi connectivity index (χ4n) is 4.54. The van der Waals surface area contributed by atoms with E-state index in [1.165, 1.54) is 23.5 Å². The second-order valence-corrected chi connectivity index (χ2v) is 15.8. The minimum atomic E-state index is -4.50. The van der Waals surface area contributed by atoms with Gasteiger partial charge in [0.15, 0.2) is 13.4 Å². The molecule has 3 N–H and O–H groups in total. The topological polar surface area (TPSA) is 83.5 Å². The fraction of sp³-hybridized carbons (Fsp3) is 0.565. The van der Waals surface area contributed by atoms with E-state index < -0.39 is 26.1 Å². The number of aromatic nitrogens is 1. The van der Waals surface area contributed by atoms with Crippen molar-refractivity contribution in [1.82, 2.24) is 4.98 Å². The molecule has 0 aliphatic carbocycles. The summed E-state index contributed by atoms with van der Waals surface area (Å²) in [5.41, 5.74) is 0.389. The van der Waals surface area contributed by atoms with Crippen LogP contribution in [0.5, 0.6) is 0 Å². The third kappa shape index (κ3) is 6.80. The van der Waals surface area contributed by atoms with Gasteiger partial charge in [0.25, 0.3) is 0 Å². The Hall–Kier alpha value is -1.95. The summed E-state index contributed by atoms with van der Waals surface area (Å²) in [7, 11) is -2.11. The molecule has 1 aromatic heterocycles. The average Bonchev–Trinajstić information content (AvgIpc) is 3.18. The van der Waals surface area contributed by atoms with Crippen LogP contribution < -0.4 is 10.6 Å². The first-order valence-electron chi connectivity index (χ1n) is 11.3. The van der Waals surface area contributed by atoms with Gasteiger partial charge in [0.2, 0.25) is 0 Å². The summed E-state index contributed by atoms with van der Waals surface area (Å²) in [6, 6.07) is 3.68. The van der Waals surface area contributed by atoms with E-state index in [0.29, 0.717) is 23.2 Å². The maximum absolute atomic E-state index is 12.9. The second-order valence-electron chi connectivity index (χ2n) is 9.23. The Bertz CT molecular complexity index is 929. The van der Waals surface area contributed by atoms with Gasteiger partial charge in [-0.25, -0.2) is 9.78 Å². The molecule has 0 spiro atoms. The Kier molecular flexibility index (Phi) is 9.69. The largest absolute Gasteiger partial charge is 0.416 e. The monoisotopic (exact) mass is 517 g/mol. The summed E-state index contributed by atoms with van der Waals surface area (Å²) in [6.45, 7) is 13.4. The van der Waals surface area contributed by atoms with Crippen LogP contribution in [0.3, 0.4) is 0 Å². The molecule has 1 atom stereocenters. The van der Waals surface area contributed by atoms with Crippen LogP contribution in [-0.4, -0.2) is 37.7 Å². The Morgan fingerprint density at radius 1 is 1.12 bits per heavy atom. The molecule has 2 amide bonds. The lowest BCUT2D eigenvalue weighted by Crippen LogP contribution is -2.48. The first-order valence-corrected chi connectivity index (χ1v) is 14.2. The van der Waals surface area contributed by atoms with E-state index in [9.17, 15) is 23.1 Å². The molecule has 0 saturated heterocycles. The maximum atomic E-state index is 12.9. The Balaban J connectivity index is 2.06. The molecule has 1 aromatic carbocycles. The van der Waals surface area contributed by atoms with Gasteiger partial charge in [-0.2, -0.15) is 13.2 Å². The number of nitrogens with zero attached hydrogens (tertiary/aromatic N) is 1. The summed E-state index contributed by atoms with van der Waals surface area (Å²) in [5.74, 6) is -0.289. The number of aliphatic hydroxyl groups is 1.